The number of hydrogen-bond acceptors (Lipinski definition) is 5. The Balaban J connectivity index is 1.19. The van der Waals surface area contributed by atoms with E-state index in [-0.39, 0.29) is 5.41 Å². The van der Waals surface area contributed by atoms with Gasteiger partial charge in [0, 0.05) is 44.3 Å². The van der Waals surface area contributed by atoms with E-state index in [1.807, 2.05) is 72.8 Å². The molecule has 0 N–H and O–H groups in total. The zero-order chi connectivity index (χ0) is 37.1. The highest BCUT2D eigenvalue weighted by molar-refractivity contribution is 6.11. The van der Waals surface area contributed by atoms with Crippen molar-refractivity contribution >= 4 is 38.9 Å². The van der Waals surface area contributed by atoms with Crippen molar-refractivity contribution in [2.24, 2.45) is 0 Å². The predicted molar refractivity (Wildman–Crippen MR) is 222 cm³/mol. The first-order valence-electron chi connectivity index (χ1n) is 18.4. The van der Waals surface area contributed by atoms with Gasteiger partial charge in [-0.25, -0.2) is 15.0 Å². The maximum atomic E-state index is 10.7. The molecule has 10 rings (SSSR count). The van der Waals surface area contributed by atoms with Crippen molar-refractivity contribution in [1.29, 1.82) is 5.26 Å². The van der Waals surface area contributed by atoms with Crippen LogP contribution in [0.5, 0.6) is 0 Å². The molecule has 3 heterocycles. The highest BCUT2D eigenvalue weighted by Gasteiger charge is 2.37. The van der Waals surface area contributed by atoms with E-state index >= 15 is 0 Å². The molecule has 0 aliphatic carbocycles. The first-order chi connectivity index (χ1) is 27.0. The van der Waals surface area contributed by atoms with Crippen molar-refractivity contribution in [2.45, 2.75) is 19.3 Å². The molecule has 1 aliphatic heterocycles. The number of nitriles is 1. The van der Waals surface area contributed by atoms with E-state index in [0.717, 1.165) is 50.0 Å². The maximum absolute atomic E-state index is 10.7. The second-order valence-electron chi connectivity index (χ2n) is 14.4. The second kappa shape index (κ2) is 12.6. The SMILES string of the molecule is CC1(C)c2ccccc2N(c2ccccc2)c2cc3c(cc21)c1ccccc1n3-c1ccc(-c2nc(-c3ccccc3)nc(-c3ccccc3)n2)c(C#N)c1. The van der Waals surface area contributed by atoms with Crippen LogP contribution in [0.1, 0.15) is 30.5 Å². The molecule has 55 heavy (non-hydrogen) atoms. The van der Waals surface area contributed by atoms with Crippen molar-refractivity contribution in [3.63, 3.8) is 0 Å². The molecule has 0 amide bonds. The molecule has 0 spiro atoms. The van der Waals surface area contributed by atoms with Crippen molar-refractivity contribution < 1.29 is 0 Å². The lowest BCUT2D eigenvalue weighted by molar-refractivity contribution is 0.633. The fourth-order valence-corrected chi connectivity index (χ4v) is 8.18. The Bertz CT molecular complexity index is 2900. The summed E-state index contributed by atoms with van der Waals surface area (Å²) in [6.07, 6.45) is 0. The summed E-state index contributed by atoms with van der Waals surface area (Å²) in [7, 11) is 0. The van der Waals surface area contributed by atoms with Gasteiger partial charge in [0.2, 0.25) is 0 Å². The number of anilines is 3. The Kier molecular flexibility index (Phi) is 7.43. The van der Waals surface area contributed by atoms with Crippen LogP contribution in [0.3, 0.4) is 0 Å². The number of benzene rings is 7. The lowest BCUT2D eigenvalue weighted by Crippen LogP contribution is -2.30. The van der Waals surface area contributed by atoms with Crippen molar-refractivity contribution in [3.05, 3.63) is 187 Å². The topological polar surface area (TPSA) is 70.6 Å². The van der Waals surface area contributed by atoms with E-state index in [1.165, 1.54) is 16.8 Å². The summed E-state index contributed by atoms with van der Waals surface area (Å²) in [4.78, 5) is 17.1. The van der Waals surface area contributed by atoms with Gasteiger partial charge in [0.25, 0.3) is 0 Å². The molecule has 2 aromatic heterocycles. The number of rotatable bonds is 5. The Hall–Kier alpha value is -7.36. The molecule has 6 nitrogen and oxygen atoms in total. The third-order valence-electron chi connectivity index (χ3n) is 10.9. The van der Waals surface area contributed by atoms with E-state index < -0.39 is 0 Å². The van der Waals surface area contributed by atoms with E-state index in [2.05, 4.69) is 126 Å². The largest absolute Gasteiger partial charge is 0.310 e. The van der Waals surface area contributed by atoms with Gasteiger partial charge in [0.05, 0.1) is 34.0 Å². The molecule has 0 bridgehead atoms. The summed E-state index contributed by atoms with van der Waals surface area (Å²) in [5, 5.41) is 13.0. The Morgan fingerprint density at radius 1 is 0.491 bits per heavy atom. The van der Waals surface area contributed by atoms with E-state index in [0.29, 0.717) is 28.6 Å². The highest BCUT2D eigenvalue weighted by Crippen LogP contribution is 2.53. The lowest BCUT2D eigenvalue weighted by Gasteiger charge is -2.42. The fraction of sp³-hybridized carbons (Fsp3) is 0.0612. The third kappa shape index (κ3) is 5.20. The first-order valence-corrected chi connectivity index (χ1v) is 18.4. The molecule has 0 radical (unpaired) electrons. The minimum Gasteiger partial charge on any atom is -0.310 e. The standard InChI is InChI=1S/C49H34N6/c1-49(2)40-23-13-15-25-43(40)54(35-20-10-5-11-21-35)45-30-44-39(29-41(45)49)38-22-12-14-24-42(38)55(44)36-26-27-37(34(28-36)31-50)48-52-46(32-16-6-3-7-17-32)51-47(53-48)33-18-8-4-9-19-33/h3-30H,1-2H3. The summed E-state index contributed by atoms with van der Waals surface area (Å²) >= 11 is 0. The number of aromatic nitrogens is 4. The third-order valence-corrected chi connectivity index (χ3v) is 10.9. The summed E-state index contributed by atoms with van der Waals surface area (Å²) in [5.74, 6) is 1.56. The van der Waals surface area contributed by atoms with Crippen molar-refractivity contribution in [2.75, 3.05) is 4.90 Å². The first kappa shape index (κ1) is 32.3. The predicted octanol–water partition coefficient (Wildman–Crippen LogP) is 12.0. The number of nitrogens with zero attached hydrogens (tertiary/aromatic N) is 6. The Labute approximate surface area is 319 Å². The van der Waals surface area contributed by atoms with Crippen molar-refractivity contribution in [1.82, 2.24) is 19.5 Å². The van der Waals surface area contributed by atoms with Crippen LogP contribution in [0.25, 0.3) is 61.7 Å². The average Bonchev–Trinajstić information content (AvgIpc) is 3.57. The molecule has 1 aliphatic rings. The van der Waals surface area contributed by atoms with Gasteiger partial charge in [-0.3, -0.25) is 0 Å². The van der Waals surface area contributed by atoms with Gasteiger partial charge in [-0.05, 0) is 65.7 Å². The fourth-order valence-electron chi connectivity index (χ4n) is 8.18. The Morgan fingerprint density at radius 2 is 1.09 bits per heavy atom. The summed E-state index contributed by atoms with van der Waals surface area (Å²) in [6.45, 7) is 4.65. The smallest absolute Gasteiger partial charge is 0.165 e. The molecule has 0 fully saturated rings. The summed E-state index contributed by atoms with van der Waals surface area (Å²) < 4.78 is 2.28. The molecular weight excluding hydrogens is 673 g/mol. The van der Waals surface area contributed by atoms with Gasteiger partial charge in [-0.15, -0.1) is 0 Å². The van der Waals surface area contributed by atoms with Gasteiger partial charge in [0.1, 0.15) is 0 Å². The zero-order valence-electron chi connectivity index (χ0n) is 30.3. The van der Waals surface area contributed by atoms with Crippen LogP contribution in [0.15, 0.2) is 170 Å². The minimum atomic E-state index is -0.244. The zero-order valence-corrected chi connectivity index (χ0v) is 30.3. The van der Waals surface area contributed by atoms with E-state index in [1.54, 1.807) is 0 Å². The van der Waals surface area contributed by atoms with Crippen LogP contribution in [0.2, 0.25) is 0 Å². The molecule has 9 aromatic rings. The van der Waals surface area contributed by atoms with Crippen LogP contribution in [0, 0.1) is 11.3 Å². The number of para-hydroxylation sites is 3. The van der Waals surface area contributed by atoms with Gasteiger partial charge >= 0.3 is 0 Å². The van der Waals surface area contributed by atoms with Gasteiger partial charge in [-0.2, -0.15) is 5.26 Å². The molecular formula is C49H34N6. The molecule has 260 valence electrons. The maximum Gasteiger partial charge on any atom is 0.165 e. The van der Waals surface area contributed by atoms with Gasteiger partial charge in [0.15, 0.2) is 17.5 Å². The van der Waals surface area contributed by atoms with Gasteiger partial charge in [-0.1, -0.05) is 129 Å². The van der Waals surface area contributed by atoms with E-state index in [4.69, 9.17) is 15.0 Å². The molecule has 7 aromatic carbocycles. The summed E-state index contributed by atoms with van der Waals surface area (Å²) in [6, 6.07) is 60.8. The second-order valence-corrected chi connectivity index (χ2v) is 14.4. The van der Waals surface area contributed by atoms with Crippen LogP contribution >= 0.6 is 0 Å². The normalized spacial score (nSPS) is 13.0. The lowest BCUT2D eigenvalue weighted by atomic mass is 9.73. The van der Waals surface area contributed by atoms with E-state index in [9.17, 15) is 5.26 Å². The number of fused-ring (bicyclic) bond motifs is 5. The molecule has 0 atom stereocenters. The molecule has 0 saturated heterocycles. The van der Waals surface area contributed by atoms with Crippen LogP contribution in [0.4, 0.5) is 17.1 Å². The highest BCUT2D eigenvalue weighted by atomic mass is 15.2. The summed E-state index contributed by atoms with van der Waals surface area (Å²) in [5.41, 5.74) is 11.6. The molecule has 0 saturated carbocycles. The van der Waals surface area contributed by atoms with Crippen LogP contribution in [-0.2, 0) is 5.41 Å². The molecule has 0 unspecified atom stereocenters. The van der Waals surface area contributed by atoms with Crippen molar-refractivity contribution in [3.8, 4) is 45.9 Å². The number of hydrogen-bond donors (Lipinski definition) is 0. The van der Waals surface area contributed by atoms with Crippen LogP contribution < -0.4 is 4.90 Å². The average molecular weight is 707 g/mol. The monoisotopic (exact) mass is 706 g/mol. The van der Waals surface area contributed by atoms with Gasteiger partial charge < -0.3 is 9.47 Å². The Morgan fingerprint density at radius 3 is 1.78 bits per heavy atom. The quantitative estimate of drug-likeness (QED) is 0.178. The minimum absolute atomic E-state index is 0.244. The molecule has 6 heteroatoms. The van der Waals surface area contributed by atoms with Crippen LogP contribution in [-0.4, -0.2) is 19.5 Å².